The van der Waals surface area contributed by atoms with Crippen molar-refractivity contribution in [3.05, 3.63) is 10.6 Å². The standard InChI is InChI=1S/C12H16N2O4S/c1-6-8-5-9(19-4-3-13-7(2)15)10(12(17)18)14(8)11(6)16/h6,8H,3-5H2,1-2H3,(H,13,15)(H,17,18)/t6-,8+/m0/s1. The molecule has 0 spiro atoms. The number of rotatable bonds is 5. The number of carboxylic acid groups (broad SMARTS) is 1. The summed E-state index contributed by atoms with van der Waals surface area (Å²) in [6.07, 6.45) is 0.610. The van der Waals surface area contributed by atoms with Crippen LogP contribution in [0.1, 0.15) is 20.3 Å². The van der Waals surface area contributed by atoms with Gasteiger partial charge in [-0.15, -0.1) is 11.8 Å². The van der Waals surface area contributed by atoms with Crippen LogP contribution in [0.4, 0.5) is 0 Å². The number of thioether (sulfide) groups is 1. The number of carboxylic acids is 1. The summed E-state index contributed by atoms with van der Waals surface area (Å²) in [7, 11) is 0. The summed E-state index contributed by atoms with van der Waals surface area (Å²) in [6, 6.07) is 0.00173. The van der Waals surface area contributed by atoms with E-state index in [4.69, 9.17) is 0 Å². The predicted molar refractivity (Wildman–Crippen MR) is 70.2 cm³/mol. The number of hydrogen-bond donors (Lipinski definition) is 2. The van der Waals surface area contributed by atoms with Crippen molar-refractivity contribution < 1.29 is 19.5 Å². The molecule has 2 rings (SSSR count). The Morgan fingerprint density at radius 1 is 1.53 bits per heavy atom. The molecule has 2 atom stereocenters. The maximum atomic E-state index is 11.7. The fraction of sp³-hybridized carbons (Fsp3) is 0.583. The molecule has 0 aliphatic carbocycles. The van der Waals surface area contributed by atoms with Gasteiger partial charge in [0.25, 0.3) is 0 Å². The number of β-lactam (4-membered cyclic amide) rings is 1. The molecule has 2 amide bonds. The van der Waals surface area contributed by atoms with Gasteiger partial charge in [-0.25, -0.2) is 4.79 Å². The van der Waals surface area contributed by atoms with Gasteiger partial charge in [-0.05, 0) is 0 Å². The molecule has 1 fully saturated rings. The van der Waals surface area contributed by atoms with Gasteiger partial charge in [-0.3, -0.25) is 9.59 Å². The maximum absolute atomic E-state index is 11.7. The van der Waals surface area contributed by atoms with Crippen LogP contribution in [0.5, 0.6) is 0 Å². The normalized spacial score (nSPS) is 25.2. The number of aliphatic carboxylic acids is 1. The number of amides is 2. The van der Waals surface area contributed by atoms with E-state index in [0.29, 0.717) is 18.7 Å². The van der Waals surface area contributed by atoms with Crippen molar-refractivity contribution in [2.75, 3.05) is 12.3 Å². The number of nitrogens with zero attached hydrogens (tertiary/aromatic N) is 1. The van der Waals surface area contributed by atoms with Crippen molar-refractivity contribution in [2.45, 2.75) is 26.3 Å². The second-order valence-corrected chi connectivity index (χ2v) is 5.87. The summed E-state index contributed by atoms with van der Waals surface area (Å²) in [5, 5.41) is 11.9. The number of fused-ring (bicyclic) bond motifs is 1. The fourth-order valence-corrected chi connectivity index (χ4v) is 3.47. The van der Waals surface area contributed by atoms with E-state index >= 15 is 0 Å². The van der Waals surface area contributed by atoms with E-state index in [0.717, 1.165) is 4.91 Å². The molecule has 2 aliphatic rings. The zero-order chi connectivity index (χ0) is 14.2. The van der Waals surface area contributed by atoms with Crippen LogP contribution in [0, 0.1) is 5.92 Å². The highest BCUT2D eigenvalue weighted by Gasteiger charge is 2.52. The van der Waals surface area contributed by atoms with Gasteiger partial charge in [0, 0.05) is 30.5 Å². The fourth-order valence-electron chi connectivity index (χ4n) is 2.40. The minimum absolute atomic E-state index is 0.00173. The van der Waals surface area contributed by atoms with Crippen LogP contribution in [0.15, 0.2) is 10.6 Å². The first-order valence-electron chi connectivity index (χ1n) is 6.10. The molecule has 0 saturated carbocycles. The molecule has 0 aromatic rings. The third-order valence-electron chi connectivity index (χ3n) is 3.39. The topological polar surface area (TPSA) is 86.7 Å². The minimum atomic E-state index is -1.05. The second kappa shape index (κ2) is 5.24. The first kappa shape index (κ1) is 13.9. The minimum Gasteiger partial charge on any atom is -0.477 e. The molecule has 0 bridgehead atoms. The van der Waals surface area contributed by atoms with Gasteiger partial charge < -0.3 is 15.3 Å². The van der Waals surface area contributed by atoms with Gasteiger partial charge in [0.05, 0.1) is 12.0 Å². The highest BCUT2D eigenvalue weighted by molar-refractivity contribution is 8.03. The van der Waals surface area contributed by atoms with E-state index in [-0.39, 0.29) is 29.5 Å². The van der Waals surface area contributed by atoms with Gasteiger partial charge in [-0.2, -0.15) is 0 Å². The summed E-state index contributed by atoms with van der Waals surface area (Å²) in [4.78, 5) is 35.8. The Bertz CT molecular complexity index is 474. The number of carbonyl (C=O) groups is 3. The lowest BCUT2D eigenvalue weighted by Crippen LogP contribution is -2.57. The van der Waals surface area contributed by atoms with Crippen molar-refractivity contribution in [1.29, 1.82) is 0 Å². The van der Waals surface area contributed by atoms with Gasteiger partial charge in [0.1, 0.15) is 5.70 Å². The van der Waals surface area contributed by atoms with Crippen molar-refractivity contribution in [3.8, 4) is 0 Å². The third-order valence-corrected chi connectivity index (χ3v) is 4.51. The van der Waals surface area contributed by atoms with Crippen LogP contribution in [-0.2, 0) is 14.4 Å². The Kier molecular flexibility index (Phi) is 3.84. The monoisotopic (exact) mass is 284 g/mol. The lowest BCUT2D eigenvalue weighted by atomic mass is 9.89. The maximum Gasteiger partial charge on any atom is 0.353 e. The smallest absolute Gasteiger partial charge is 0.353 e. The van der Waals surface area contributed by atoms with Gasteiger partial charge in [0.2, 0.25) is 11.8 Å². The largest absolute Gasteiger partial charge is 0.477 e. The van der Waals surface area contributed by atoms with Crippen molar-refractivity contribution in [1.82, 2.24) is 10.2 Å². The molecule has 2 aliphatic heterocycles. The Balaban J connectivity index is 2.00. The van der Waals surface area contributed by atoms with Crippen LogP contribution in [0.2, 0.25) is 0 Å². The van der Waals surface area contributed by atoms with Crippen LogP contribution in [-0.4, -0.2) is 46.1 Å². The molecular formula is C12H16N2O4S. The van der Waals surface area contributed by atoms with E-state index in [2.05, 4.69) is 5.32 Å². The summed E-state index contributed by atoms with van der Waals surface area (Å²) in [5.41, 5.74) is 0.126. The Labute approximate surface area is 115 Å². The second-order valence-electron chi connectivity index (χ2n) is 4.68. The van der Waals surface area contributed by atoms with Crippen LogP contribution < -0.4 is 5.32 Å². The number of nitrogens with one attached hydrogen (secondary N) is 1. The molecule has 0 aromatic carbocycles. The molecule has 104 valence electrons. The summed E-state index contributed by atoms with van der Waals surface area (Å²) in [6.45, 7) is 3.76. The first-order valence-corrected chi connectivity index (χ1v) is 7.08. The van der Waals surface area contributed by atoms with E-state index in [1.165, 1.54) is 23.6 Å². The molecule has 0 aromatic heterocycles. The summed E-state index contributed by atoms with van der Waals surface area (Å²) < 4.78 is 0. The quantitative estimate of drug-likeness (QED) is 0.564. The van der Waals surface area contributed by atoms with Crippen molar-refractivity contribution in [2.24, 2.45) is 5.92 Å². The Morgan fingerprint density at radius 2 is 2.21 bits per heavy atom. The van der Waals surface area contributed by atoms with E-state index < -0.39 is 5.97 Å². The molecule has 2 heterocycles. The lowest BCUT2D eigenvalue weighted by Gasteiger charge is -2.41. The molecular weight excluding hydrogens is 268 g/mol. The van der Waals surface area contributed by atoms with Gasteiger partial charge in [-0.1, -0.05) is 6.92 Å². The lowest BCUT2D eigenvalue weighted by molar-refractivity contribution is -0.153. The molecule has 0 unspecified atom stereocenters. The highest BCUT2D eigenvalue weighted by atomic mass is 32.2. The average Bonchev–Trinajstić information content (AvgIpc) is 2.69. The average molecular weight is 284 g/mol. The highest BCUT2D eigenvalue weighted by Crippen LogP contribution is 2.45. The zero-order valence-corrected chi connectivity index (χ0v) is 11.6. The van der Waals surface area contributed by atoms with E-state index in [1.807, 2.05) is 6.92 Å². The molecule has 6 nitrogen and oxygen atoms in total. The predicted octanol–water partition coefficient (Wildman–Crippen LogP) is 0.402. The molecule has 7 heteroatoms. The Morgan fingerprint density at radius 3 is 2.79 bits per heavy atom. The van der Waals surface area contributed by atoms with E-state index in [1.54, 1.807) is 0 Å². The molecule has 19 heavy (non-hydrogen) atoms. The SMILES string of the molecule is CC(=O)NCCSC1=C(C(=O)O)N2C(=O)[C@@H](C)[C@H]2C1. The van der Waals surface area contributed by atoms with Crippen molar-refractivity contribution in [3.63, 3.8) is 0 Å². The molecule has 1 saturated heterocycles. The van der Waals surface area contributed by atoms with Crippen LogP contribution in [0.3, 0.4) is 0 Å². The first-order chi connectivity index (χ1) is 8.93. The third kappa shape index (κ3) is 2.47. The molecule has 0 radical (unpaired) electrons. The number of carbonyl (C=O) groups excluding carboxylic acids is 2. The summed E-state index contributed by atoms with van der Waals surface area (Å²) in [5.74, 6) is -0.756. The van der Waals surface area contributed by atoms with Crippen LogP contribution >= 0.6 is 11.8 Å². The zero-order valence-electron chi connectivity index (χ0n) is 10.8. The van der Waals surface area contributed by atoms with Crippen molar-refractivity contribution >= 4 is 29.5 Å². The Hall–Kier alpha value is -1.50. The number of hydrogen-bond acceptors (Lipinski definition) is 4. The van der Waals surface area contributed by atoms with Crippen LogP contribution in [0.25, 0.3) is 0 Å². The molecule has 2 N–H and O–H groups in total. The van der Waals surface area contributed by atoms with E-state index in [9.17, 15) is 19.5 Å². The van der Waals surface area contributed by atoms with Gasteiger partial charge >= 0.3 is 5.97 Å². The summed E-state index contributed by atoms with van der Waals surface area (Å²) >= 11 is 1.40. The van der Waals surface area contributed by atoms with Gasteiger partial charge in [0.15, 0.2) is 0 Å².